The van der Waals surface area contributed by atoms with Crippen molar-refractivity contribution in [3.8, 4) is 12.3 Å². The van der Waals surface area contributed by atoms with Crippen molar-refractivity contribution in [2.75, 3.05) is 6.54 Å². The van der Waals surface area contributed by atoms with Crippen molar-refractivity contribution in [1.82, 2.24) is 5.32 Å². The monoisotopic (exact) mass is 269 g/mol. The first-order valence-corrected chi connectivity index (χ1v) is 6.26. The van der Waals surface area contributed by atoms with Crippen LogP contribution in [0.3, 0.4) is 0 Å². The number of halogens is 3. The maximum Gasteiger partial charge on any atom is 0.416 e. The van der Waals surface area contributed by atoms with E-state index in [-0.39, 0.29) is 6.04 Å². The van der Waals surface area contributed by atoms with E-state index in [0.29, 0.717) is 18.4 Å². The highest BCUT2D eigenvalue weighted by Crippen LogP contribution is 2.29. The van der Waals surface area contributed by atoms with Crippen molar-refractivity contribution < 1.29 is 13.2 Å². The van der Waals surface area contributed by atoms with E-state index in [2.05, 4.69) is 11.2 Å². The van der Waals surface area contributed by atoms with Crippen molar-refractivity contribution in [3.63, 3.8) is 0 Å². The summed E-state index contributed by atoms with van der Waals surface area (Å²) in [7, 11) is 0. The SMILES string of the molecule is C#CCCCNC(C)Cc1cccc(C(F)(F)F)c1. The van der Waals surface area contributed by atoms with Gasteiger partial charge in [-0.15, -0.1) is 12.3 Å². The second-order valence-electron chi connectivity index (χ2n) is 4.57. The molecule has 19 heavy (non-hydrogen) atoms. The van der Waals surface area contributed by atoms with Crippen LogP contribution in [0, 0.1) is 12.3 Å². The summed E-state index contributed by atoms with van der Waals surface area (Å²) in [5.41, 5.74) is 0.0938. The Bertz CT molecular complexity index is 432. The molecule has 1 atom stereocenters. The minimum Gasteiger partial charge on any atom is -0.314 e. The number of hydrogen-bond acceptors (Lipinski definition) is 1. The van der Waals surface area contributed by atoms with Crippen molar-refractivity contribution in [2.45, 2.75) is 38.4 Å². The molecule has 1 aromatic rings. The fourth-order valence-electron chi connectivity index (χ4n) is 1.84. The third-order valence-corrected chi connectivity index (χ3v) is 2.79. The van der Waals surface area contributed by atoms with Gasteiger partial charge >= 0.3 is 6.18 Å². The molecule has 1 aromatic carbocycles. The smallest absolute Gasteiger partial charge is 0.314 e. The zero-order valence-electron chi connectivity index (χ0n) is 10.9. The second kappa shape index (κ2) is 7.20. The number of terminal acetylenes is 1. The summed E-state index contributed by atoms with van der Waals surface area (Å²) in [6, 6.07) is 5.59. The molecule has 0 fully saturated rings. The van der Waals surface area contributed by atoms with E-state index in [4.69, 9.17) is 6.42 Å². The van der Waals surface area contributed by atoms with E-state index in [9.17, 15) is 13.2 Å². The Morgan fingerprint density at radius 1 is 1.37 bits per heavy atom. The number of benzene rings is 1. The summed E-state index contributed by atoms with van der Waals surface area (Å²) >= 11 is 0. The molecule has 1 unspecified atom stereocenters. The van der Waals surface area contributed by atoms with E-state index in [0.717, 1.165) is 19.0 Å². The summed E-state index contributed by atoms with van der Waals surface area (Å²) in [6.45, 7) is 2.74. The van der Waals surface area contributed by atoms with Crippen LogP contribution in [-0.4, -0.2) is 12.6 Å². The first-order valence-electron chi connectivity index (χ1n) is 6.26. The highest BCUT2D eigenvalue weighted by molar-refractivity contribution is 5.26. The van der Waals surface area contributed by atoms with Crippen molar-refractivity contribution >= 4 is 0 Å². The molecule has 4 heteroatoms. The Morgan fingerprint density at radius 2 is 2.11 bits per heavy atom. The maximum atomic E-state index is 12.6. The Labute approximate surface area is 112 Å². The van der Waals surface area contributed by atoms with E-state index in [1.54, 1.807) is 6.07 Å². The van der Waals surface area contributed by atoms with Gasteiger partial charge in [0.05, 0.1) is 5.56 Å². The summed E-state index contributed by atoms with van der Waals surface area (Å²) in [4.78, 5) is 0. The standard InChI is InChI=1S/C15H18F3N/c1-3-4-5-9-19-12(2)10-13-7-6-8-14(11-13)15(16,17)18/h1,6-8,11-12,19H,4-5,9-10H2,2H3. The van der Waals surface area contributed by atoms with Gasteiger partial charge in [-0.05, 0) is 37.9 Å². The second-order valence-corrected chi connectivity index (χ2v) is 4.57. The molecule has 0 saturated carbocycles. The van der Waals surface area contributed by atoms with Gasteiger partial charge in [-0.2, -0.15) is 13.2 Å². The first-order chi connectivity index (χ1) is 8.93. The quantitative estimate of drug-likeness (QED) is 0.614. The zero-order chi connectivity index (χ0) is 14.3. The van der Waals surface area contributed by atoms with Crippen LogP contribution in [0.25, 0.3) is 0 Å². The average molecular weight is 269 g/mol. The molecule has 0 aliphatic carbocycles. The number of hydrogen-bond donors (Lipinski definition) is 1. The Hall–Kier alpha value is -1.47. The van der Waals surface area contributed by atoms with Crippen LogP contribution in [0.5, 0.6) is 0 Å². The molecule has 0 bridgehead atoms. The molecule has 0 aromatic heterocycles. The predicted octanol–water partition coefficient (Wildman–Crippen LogP) is 3.64. The molecule has 1 N–H and O–H groups in total. The molecule has 0 spiro atoms. The van der Waals surface area contributed by atoms with Crippen LogP contribution in [0.15, 0.2) is 24.3 Å². The van der Waals surface area contributed by atoms with E-state index in [1.807, 2.05) is 6.92 Å². The topological polar surface area (TPSA) is 12.0 Å². The van der Waals surface area contributed by atoms with Gasteiger partial charge < -0.3 is 5.32 Å². The van der Waals surface area contributed by atoms with Gasteiger partial charge in [0.25, 0.3) is 0 Å². The van der Waals surface area contributed by atoms with Gasteiger partial charge in [-0.1, -0.05) is 18.2 Å². The lowest BCUT2D eigenvalue weighted by Gasteiger charge is -2.14. The summed E-state index contributed by atoms with van der Waals surface area (Å²) in [5.74, 6) is 2.55. The van der Waals surface area contributed by atoms with Crippen LogP contribution < -0.4 is 5.32 Å². The molecule has 0 amide bonds. The fourth-order valence-corrected chi connectivity index (χ4v) is 1.84. The van der Waals surface area contributed by atoms with Gasteiger partial charge in [0.2, 0.25) is 0 Å². The average Bonchev–Trinajstić information content (AvgIpc) is 2.34. The molecule has 0 aliphatic heterocycles. The van der Waals surface area contributed by atoms with Crippen molar-refractivity contribution in [2.24, 2.45) is 0 Å². The molecule has 0 heterocycles. The summed E-state index contributed by atoms with van der Waals surface area (Å²) < 4.78 is 37.7. The van der Waals surface area contributed by atoms with Gasteiger partial charge in [-0.25, -0.2) is 0 Å². The van der Waals surface area contributed by atoms with Crippen LogP contribution in [0.2, 0.25) is 0 Å². The lowest BCUT2D eigenvalue weighted by Crippen LogP contribution is -2.29. The number of nitrogens with one attached hydrogen (secondary N) is 1. The predicted molar refractivity (Wildman–Crippen MR) is 70.7 cm³/mol. The lowest BCUT2D eigenvalue weighted by molar-refractivity contribution is -0.137. The first kappa shape index (κ1) is 15.6. The van der Waals surface area contributed by atoms with Gasteiger partial charge in [0.15, 0.2) is 0 Å². The molecular weight excluding hydrogens is 251 g/mol. The van der Waals surface area contributed by atoms with Gasteiger partial charge in [-0.3, -0.25) is 0 Å². The number of unbranched alkanes of at least 4 members (excludes halogenated alkanes) is 1. The minimum atomic E-state index is -4.28. The Balaban J connectivity index is 2.51. The van der Waals surface area contributed by atoms with Crippen molar-refractivity contribution in [1.29, 1.82) is 0 Å². The van der Waals surface area contributed by atoms with E-state index in [1.165, 1.54) is 12.1 Å². The van der Waals surface area contributed by atoms with Gasteiger partial charge in [0, 0.05) is 12.5 Å². The van der Waals surface area contributed by atoms with Crippen LogP contribution >= 0.6 is 0 Å². The third-order valence-electron chi connectivity index (χ3n) is 2.79. The van der Waals surface area contributed by atoms with E-state index >= 15 is 0 Å². The van der Waals surface area contributed by atoms with Crippen LogP contribution in [0.1, 0.15) is 30.9 Å². The zero-order valence-corrected chi connectivity index (χ0v) is 10.9. The minimum absolute atomic E-state index is 0.126. The molecular formula is C15H18F3N. The molecule has 1 rings (SSSR count). The fraction of sp³-hybridized carbons (Fsp3) is 0.467. The van der Waals surface area contributed by atoms with Crippen LogP contribution in [0.4, 0.5) is 13.2 Å². The Kier molecular flexibility index (Phi) is 5.91. The molecule has 0 saturated heterocycles. The molecule has 0 radical (unpaired) electrons. The third kappa shape index (κ3) is 5.80. The maximum absolute atomic E-state index is 12.6. The highest BCUT2D eigenvalue weighted by Gasteiger charge is 2.30. The van der Waals surface area contributed by atoms with Crippen molar-refractivity contribution in [3.05, 3.63) is 35.4 Å². The normalized spacial score (nSPS) is 13.0. The summed E-state index contributed by atoms with van der Waals surface area (Å²) in [5, 5.41) is 3.25. The largest absolute Gasteiger partial charge is 0.416 e. The van der Waals surface area contributed by atoms with E-state index < -0.39 is 11.7 Å². The molecule has 1 nitrogen and oxygen atoms in total. The Morgan fingerprint density at radius 3 is 2.74 bits per heavy atom. The number of rotatable bonds is 6. The lowest BCUT2D eigenvalue weighted by atomic mass is 10.0. The van der Waals surface area contributed by atoms with Crippen LogP contribution in [-0.2, 0) is 12.6 Å². The number of alkyl halides is 3. The highest BCUT2D eigenvalue weighted by atomic mass is 19.4. The molecule has 0 aliphatic rings. The molecule has 104 valence electrons. The van der Waals surface area contributed by atoms with Gasteiger partial charge in [0.1, 0.15) is 0 Å². The summed E-state index contributed by atoms with van der Waals surface area (Å²) in [6.07, 6.45) is 3.02.